The zero-order valence-electron chi connectivity index (χ0n) is 14.8. The van der Waals surface area contributed by atoms with Crippen molar-refractivity contribution in [1.82, 2.24) is 9.62 Å². The second-order valence-corrected chi connectivity index (χ2v) is 8.68. The Kier molecular flexibility index (Phi) is 4.98. The van der Waals surface area contributed by atoms with Crippen LogP contribution in [0.1, 0.15) is 23.1 Å². The van der Waals surface area contributed by atoms with E-state index in [1.54, 1.807) is 18.2 Å². The summed E-state index contributed by atoms with van der Waals surface area (Å²) >= 11 is 0. The number of benzene rings is 2. The third-order valence-electron chi connectivity index (χ3n) is 5.12. The molecule has 138 valence electrons. The van der Waals surface area contributed by atoms with Crippen LogP contribution in [0.3, 0.4) is 0 Å². The molecule has 2 heterocycles. The maximum absolute atomic E-state index is 12.5. The van der Waals surface area contributed by atoms with Gasteiger partial charge < -0.3 is 4.74 Å². The number of fused-ring (bicyclic) bond motifs is 2. The SMILES string of the molecule is O=S(=O)(NCCCN1CCc2ccccc2C1)c1ccc2c(c1)CCO2. The molecular weight excluding hydrogens is 348 g/mol. The van der Waals surface area contributed by atoms with Gasteiger partial charge in [-0.3, -0.25) is 4.90 Å². The van der Waals surface area contributed by atoms with Gasteiger partial charge in [0.25, 0.3) is 0 Å². The molecule has 6 heteroatoms. The molecule has 0 amide bonds. The van der Waals surface area contributed by atoms with E-state index in [2.05, 4.69) is 33.9 Å². The normalized spacial score (nSPS) is 16.8. The molecule has 5 nitrogen and oxygen atoms in total. The number of nitrogens with zero attached hydrogens (tertiary/aromatic N) is 1. The molecule has 26 heavy (non-hydrogen) atoms. The molecule has 2 aliphatic heterocycles. The molecule has 0 aliphatic carbocycles. The number of hydrogen-bond acceptors (Lipinski definition) is 4. The minimum Gasteiger partial charge on any atom is -0.493 e. The summed E-state index contributed by atoms with van der Waals surface area (Å²) in [5.74, 6) is 0.800. The van der Waals surface area contributed by atoms with Gasteiger partial charge in [0.2, 0.25) is 10.0 Å². The third kappa shape index (κ3) is 3.77. The van der Waals surface area contributed by atoms with Gasteiger partial charge in [-0.2, -0.15) is 0 Å². The van der Waals surface area contributed by atoms with Crippen LogP contribution >= 0.6 is 0 Å². The summed E-state index contributed by atoms with van der Waals surface area (Å²) in [6.45, 7) is 3.97. The predicted octanol–water partition coefficient (Wildman–Crippen LogP) is 2.35. The van der Waals surface area contributed by atoms with Crippen molar-refractivity contribution >= 4 is 10.0 Å². The molecule has 0 aromatic heterocycles. The Hall–Kier alpha value is -1.89. The highest BCUT2D eigenvalue weighted by Crippen LogP contribution is 2.27. The van der Waals surface area contributed by atoms with Gasteiger partial charge in [0, 0.05) is 26.1 Å². The van der Waals surface area contributed by atoms with Crippen LogP contribution in [0, 0.1) is 0 Å². The average molecular weight is 372 g/mol. The Balaban J connectivity index is 1.28. The number of ether oxygens (including phenoxy) is 1. The molecule has 0 saturated carbocycles. The first-order valence-electron chi connectivity index (χ1n) is 9.16. The fraction of sp³-hybridized carbons (Fsp3) is 0.400. The van der Waals surface area contributed by atoms with Crippen molar-refractivity contribution < 1.29 is 13.2 Å². The van der Waals surface area contributed by atoms with Gasteiger partial charge in [0.1, 0.15) is 5.75 Å². The lowest BCUT2D eigenvalue weighted by Crippen LogP contribution is -2.33. The van der Waals surface area contributed by atoms with E-state index in [-0.39, 0.29) is 0 Å². The fourth-order valence-electron chi connectivity index (χ4n) is 3.67. The second kappa shape index (κ2) is 7.39. The molecule has 2 aromatic carbocycles. The quantitative estimate of drug-likeness (QED) is 0.791. The Morgan fingerprint density at radius 1 is 1.04 bits per heavy atom. The zero-order valence-corrected chi connectivity index (χ0v) is 15.6. The van der Waals surface area contributed by atoms with Gasteiger partial charge in [0.05, 0.1) is 11.5 Å². The highest BCUT2D eigenvalue weighted by molar-refractivity contribution is 7.89. The molecule has 4 rings (SSSR count). The summed E-state index contributed by atoms with van der Waals surface area (Å²) in [5.41, 5.74) is 3.80. The molecular formula is C20H24N2O3S. The van der Waals surface area contributed by atoms with Crippen LogP contribution in [-0.2, 0) is 29.4 Å². The minimum absolute atomic E-state index is 0.327. The number of sulfonamides is 1. The Morgan fingerprint density at radius 2 is 1.88 bits per heavy atom. The van der Waals surface area contributed by atoms with Crippen LogP contribution in [-0.4, -0.2) is 39.6 Å². The highest BCUT2D eigenvalue weighted by Gasteiger charge is 2.19. The van der Waals surface area contributed by atoms with Crippen LogP contribution in [0.25, 0.3) is 0 Å². The fourth-order valence-corrected chi connectivity index (χ4v) is 4.79. The van der Waals surface area contributed by atoms with Crippen molar-refractivity contribution in [2.45, 2.75) is 30.7 Å². The van der Waals surface area contributed by atoms with Crippen LogP contribution < -0.4 is 9.46 Å². The van der Waals surface area contributed by atoms with E-state index in [0.717, 1.165) is 50.2 Å². The molecule has 0 fully saturated rings. The van der Waals surface area contributed by atoms with Crippen LogP contribution in [0.2, 0.25) is 0 Å². The van der Waals surface area contributed by atoms with Crippen LogP contribution in [0.15, 0.2) is 47.4 Å². The van der Waals surface area contributed by atoms with Crippen molar-refractivity contribution in [1.29, 1.82) is 0 Å². The number of hydrogen-bond donors (Lipinski definition) is 1. The van der Waals surface area contributed by atoms with Gasteiger partial charge in [-0.1, -0.05) is 24.3 Å². The molecule has 0 atom stereocenters. The first-order chi connectivity index (χ1) is 12.6. The predicted molar refractivity (Wildman–Crippen MR) is 101 cm³/mol. The monoisotopic (exact) mass is 372 g/mol. The zero-order chi connectivity index (χ0) is 18.0. The van der Waals surface area contributed by atoms with E-state index >= 15 is 0 Å². The molecule has 2 aliphatic rings. The van der Waals surface area contributed by atoms with Crippen molar-refractivity contribution in [3.8, 4) is 5.75 Å². The van der Waals surface area contributed by atoms with Gasteiger partial charge in [-0.15, -0.1) is 0 Å². The van der Waals surface area contributed by atoms with Crippen LogP contribution in [0.5, 0.6) is 5.75 Å². The number of nitrogens with one attached hydrogen (secondary N) is 1. The lowest BCUT2D eigenvalue weighted by molar-refractivity contribution is 0.251. The average Bonchev–Trinajstić information content (AvgIpc) is 3.13. The van der Waals surface area contributed by atoms with Crippen LogP contribution in [0.4, 0.5) is 0 Å². The molecule has 0 radical (unpaired) electrons. The lowest BCUT2D eigenvalue weighted by Gasteiger charge is -2.28. The Bertz CT molecular complexity index is 896. The topological polar surface area (TPSA) is 58.6 Å². The van der Waals surface area contributed by atoms with Gasteiger partial charge >= 0.3 is 0 Å². The summed E-state index contributed by atoms with van der Waals surface area (Å²) in [7, 11) is -3.46. The van der Waals surface area contributed by atoms with Crippen molar-refractivity contribution in [3.63, 3.8) is 0 Å². The molecule has 0 spiro atoms. The Labute approximate surface area is 155 Å². The molecule has 0 bridgehead atoms. The maximum atomic E-state index is 12.5. The Morgan fingerprint density at radius 3 is 2.77 bits per heavy atom. The van der Waals surface area contributed by atoms with E-state index in [0.29, 0.717) is 18.0 Å². The van der Waals surface area contributed by atoms with Gasteiger partial charge in [0.15, 0.2) is 0 Å². The van der Waals surface area contributed by atoms with Crippen molar-refractivity contribution in [3.05, 3.63) is 59.2 Å². The molecule has 2 aromatic rings. The van der Waals surface area contributed by atoms with E-state index in [1.165, 1.54) is 11.1 Å². The highest BCUT2D eigenvalue weighted by atomic mass is 32.2. The molecule has 0 unspecified atom stereocenters. The number of rotatable bonds is 6. The second-order valence-electron chi connectivity index (χ2n) is 6.91. The third-order valence-corrected chi connectivity index (χ3v) is 6.58. The maximum Gasteiger partial charge on any atom is 0.240 e. The first kappa shape index (κ1) is 17.5. The summed E-state index contributed by atoms with van der Waals surface area (Å²) in [4.78, 5) is 2.72. The van der Waals surface area contributed by atoms with E-state index in [1.807, 2.05) is 0 Å². The van der Waals surface area contributed by atoms with E-state index in [9.17, 15) is 8.42 Å². The van der Waals surface area contributed by atoms with Crippen molar-refractivity contribution in [2.24, 2.45) is 0 Å². The first-order valence-corrected chi connectivity index (χ1v) is 10.6. The smallest absolute Gasteiger partial charge is 0.240 e. The summed E-state index contributed by atoms with van der Waals surface area (Å²) < 4.78 is 33.1. The molecule has 1 N–H and O–H groups in total. The largest absolute Gasteiger partial charge is 0.493 e. The lowest BCUT2D eigenvalue weighted by atomic mass is 10.00. The van der Waals surface area contributed by atoms with E-state index < -0.39 is 10.0 Å². The minimum atomic E-state index is -3.46. The molecule has 0 saturated heterocycles. The van der Waals surface area contributed by atoms with Gasteiger partial charge in [-0.25, -0.2) is 13.1 Å². The van der Waals surface area contributed by atoms with E-state index in [4.69, 9.17) is 4.74 Å². The van der Waals surface area contributed by atoms with Crippen molar-refractivity contribution in [2.75, 3.05) is 26.2 Å². The standard InChI is InChI=1S/C20H24N2O3S/c23-26(24,19-6-7-20-17(14-19)9-13-25-20)21-10-3-11-22-12-8-16-4-1-2-5-18(16)15-22/h1-2,4-7,14,21H,3,8-13,15H2. The van der Waals surface area contributed by atoms with Gasteiger partial charge in [-0.05, 0) is 54.3 Å². The summed E-state index contributed by atoms with van der Waals surface area (Å²) in [5, 5.41) is 0. The summed E-state index contributed by atoms with van der Waals surface area (Å²) in [6, 6.07) is 13.7. The summed E-state index contributed by atoms with van der Waals surface area (Å²) in [6.07, 6.45) is 2.64.